The van der Waals surface area contributed by atoms with Crippen molar-refractivity contribution >= 4 is 56.0 Å². The molecule has 1 N–H and O–H groups in total. The van der Waals surface area contributed by atoms with Crippen LogP contribution in [0.2, 0.25) is 5.02 Å². The summed E-state index contributed by atoms with van der Waals surface area (Å²) in [6, 6.07) is 23.6. The van der Waals surface area contributed by atoms with E-state index >= 15 is 0 Å². The van der Waals surface area contributed by atoms with Crippen LogP contribution < -0.4 is 5.32 Å². The number of pyridine rings is 1. The third-order valence-corrected chi connectivity index (χ3v) is 5.35. The monoisotopic (exact) mass is 494 g/mol. The average Bonchev–Trinajstić information content (AvgIpc) is 2.79. The highest BCUT2D eigenvalue weighted by atomic mass is 79.9. The number of nitrogens with one attached hydrogen (secondary N) is 1. The number of nitrogens with zero attached hydrogens (tertiary/aromatic N) is 1. The highest BCUT2D eigenvalue weighted by molar-refractivity contribution is 9.10. The van der Waals surface area contributed by atoms with Gasteiger partial charge in [-0.1, -0.05) is 76.1 Å². The van der Waals surface area contributed by atoms with Gasteiger partial charge in [-0.2, -0.15) is 0 Å². The van der Waals surface area contributed by atoms with Crippen LogP contribution in [-0.4, -0.2) is 23.5 Å². The molecule has 1 amide bonds. The molecule has 4 rings (SSSR count). The molecule has 0 bridgehead atoms. The van der Waals surface area contributed by atoms with Gasteiger partial charge in [-0.3, -0.25) is 4.79 Å². The maximum absolute atomic E-state index is 12.8. The predicted octanol–water partition coefficient (Wildman–Crippen LogP) is 6.11. The Hall–Kier alpha value is -3.22. The number of amides is 1. The molecule has 3 aromatic carbocycles. The summed E-state index contributed by atoms with van der Waals surface area (Å²) in [6.45, 7) is -0.442. The molecule has 0 atom stereocenters. The first-order valence-electron chi connectivity index (χ1n) is 9.38. The lowest BCUT2D eigenvalue weighted by Crippen LogP contribution is -2.21. The van der Waals surface area contributed by atoms with E-state index in [1.165, 1.54) is 0 Å². The summed E-state index contributed by atoms with van der Waals surface area (Å²) in [5, 5.41) is 3.67. The van der Waals surface area contributed by atoms with Crippen LogP contribution in [0.25, 0.3) is 22.2 Å². The third kappa shape index (κ3) is 4.93. The van der Waals surface area contributed by atoms with Crippen LogP contribution >= 0.6 is 27.5 Å². The molecule has 154 valence electrons. The van der Waals surface area contributed by atoms with Gasteiger partial charge >= 0.3 is 5.97 Å². The lowest BCUT2D eigenvalue weighted by atomic mass is 10.0. The Kier molecular flexibility index (Phi) is 6.30. The van der Waals surface area contributed by atoms with Gasteiger partial charge in [0.05, 0.1) is 27.5 Å². The van der Waals surface area contributed by atoms with E-state index in [4.69, 9.17) is 16.3 Å². The number of esters is 1. The summed E-state index contributed by atoms with van der Waals surface area (Å²) in [5.41, 5.74) is 2.98. The van der Waals surface area contributed by atoms with Gasteiger partial charge in [0, 0.05) is 15.4 Å². The van der Waals surface area contributed by atoms with E-state index in [2.05, 4.69) is 26.2 Å². The molecule has 0 radical (unpaired) electrons. The van der Waals surface area contributed by atoms with E-state index in [0.29, 0.717) is 32.9 Å². The van der Waals surface area contributed by atoms with Crippen LogP contribution in [0.15, 0.2) is 83.3 Å². The Morgan fingerprint density at radius 1 is 0.968 bits per heavy atom. The Balaban J connectivity index is 1.55. The van der Waals surface area contributed by atoms with Crippen molar-refractivity contribution in [2.45, 2.75) is 0 Å². The summed E-state index contributed by atoms with van der Waals surface area (Å²) >= 11 is 9.42. The molecule has 1 heterocycles. The van der Waals surface area contributed by atoms with Gasteiger partial charge in [0.1, 0.15) is 0 Å². The number of fused-ring (bicyclic) bond motifs is 1. The van der Waals surface area contributed by atoms with E-state index in [1.54, 1.807) is 30.3 Å². The molecule has 0 aliphatic rings. The fraction of sp³-hybridized carbons (Fsp3) is 0.0417. The number of rotatable bonds is 5. The van der Waals surface area contributed by atoms with Gasteiger partial charge in [0.2, 0.25) is 0 Å². The van der Waals surface area contributed by atoms with Crippen LogP contribution in [0.3, 0.4) is 0 Å². The van der Waals surface area contributed by atoms with Gasteiger partial charge < -0.3 is 10.1 Å². The van der Waals surface area contributed by atoms with Crippen LogP contribution in [0.1, 0.15) is 10.4 Å². The van der Waals surface area contributed by atoms with E-state index in [9.17, 15) is 9.59 Å². The van der Waals surface area contributed by atoms with Gasteiger partial charge in [-0.15, -0.1) is 0 Å². The number of ether oxygens (including phenoxy) is 1. The summed E-state index contributed by atoms with van der Waals surface area (Å²) < 4.78 is 6.09. The minimum Gasteiger partial charge on any atom is -0.452 e. The normalized spacial score (nSPS) is 10.6. The summed E-state index contributed by atoms with van der Waals surface area (Å²) in [6.07, 6.45) is 0. The minimum absolute atomic E-state index is 0.346. The summed E-state index contributed by atoms with van der Waals surface area (Å²) in [4.78, 5) is 29.8. The topological polar surface area (TPSA) is 68.3 Å². The second-order valence-electron chi connectivity index (χ2n) is 6.69. The molecule has 1 aromatic heterocycles. The van der Waals surface area contributed by atoms with Crippen LogP contribution in [0.5, 0.6) is 0 Å². The molecule has 0 spiro atoms. The molecule has 7 heteroatoms. The van der Waals surface area contributed by atoms with Gasteiger partial charge in [-0.25, -0.2) is 9.78 Å². The van der Waals surface area contributed by atoms with Crippen molar-refractivity contribution < 1.29 is 14.3 Å². The van der Waals surface area contributed by atoms with Gasteiger partial charge in [0.25, 0.3) is 5.91 Å². The van der Waals surface area contributed by atoms with Gasteiger partial charge in [-0.05, 0) is 30.3 Å². The number of benzene rings is 3. The van der Waals surface area contributed by atoms with E-state index < -0.39 is 18.5 Å². The van der Waals surface area contributed by atoms with E-state index in [-0.39, 0.29) is 0 Å². The molecule has 0 aliphatic carbocycles. The Labute approximate surface area is 192 Å². The number of aromatic nitrogens is 1. The minimum atomic E-state index is -0.604. The predicted molar refractivity (Wildman–Crippen MR) is 125 cm³/mol. The Morgan fingerprint density at radius 2 is 1.71 bits per heavy atom. The Bertz CT molecular complexity index is 1280. The molecule has 0 saturated carbocycles. The van der Waals surface area contributed by atoms with Crippen LogP contribution in [-0.2, 0) is 9.53 Å². The maximum atomic E-state index is 12.8. The zero-order valence-corrected chi connectivity index (χ0v) is 18.5. The molecular formula is C24H16BrClN2O3. The molecule has 5 nitrogen and oxygen atoms in total. The maximum Gasteiger partial charge on any atom is 0.339 e. The average molecular weight is 496 g/mol. The number of carbonyl (C=O) groups is 2. The zero-order valence-electron chi connectivity index (χ0n) is 16.1. The SMILES string of the molecule is O=C(COC(=O)c1cc(-c2ccccc2)nc2ccccc12)Nc1ccc(Br)cc1Cl. The van der Waals surface area contributed by atoms with Crippen molar-refractivity contribution in [3.05, 3.63) is 93.9 Å². The smallest absolute Gasteiger partial charge is 0.339 e. The number of hydrogen-bond acceptors (Lipinski definition) is 4. The second-order valence-corrected chi connectivity index (χ2v) is 8.01. The Morgan fingerprint density at radius 3 is 2.48 bits per heavy atom. The lowest BCUT2D eigenvalue weighted by molar-refractivity contribution is -0.119. The fourth-order valence-corrected chi connectivity index (χ4v) is 3.81. The highest BCUT2D eigenvalue weighted by Gasteiger charge is 2.17. The first-order chi connectivity index (χ1) is 15.0. The fourth-order valence-electron chi connectivity index (χ4n) is 3.09. The molecular weight excluding hydrogens is 480 g/mol. The summed E-state index contributed by atoms with van der Waals surface area (Å²) in [5.74, 6) is -1.09. The van der Waals surface area contributed by atoms with Crippen molar-refractivity contribution in [2.75, 3.05) is 11.9 Å². The first-order valence-corrected chi connectivity index (χ1v) is 10.6. The number of para-hydroxylation sites is 1. The molecule has 0 unspecified atom stereocenters. The number of carbonyl (C=O) groups excluding carboxylic acids is 2. The largest absolute Gasteiger partial charge is 0.452 e. The van der Waals surface area contributed by atoms with Crippen molar-refractivity contribution in [3.8, 4) is 11.3 Å². The number of halogens is 2. The van der Waals surface area contributed by atoms with E-state index in [0.717, 1.165) is 10.0 Å². The number of anilines is 1. The van der Waals surface area contributed by atoms with Crippen molar-refractivity contribution in [1.29, 1.82) is 0 Å². The van der Waals surface area contributed by atoms with Crippen LogP contribution in [0.4, 0.5) is 5.69 Å². The lowest BCUT2D eigenvalue weighted by Gasteiger charge is -2.11. The standard InChI is InChI=1S/C24H16BrClN2O3/c25-16-10-11-21(19(26)12-16)28-23(29)14-31-24(30)18-13-22(15-6-2-1-3-7-15)27-20-9-5-4-8-17(18)20/h1-13H,14H2,(H,28,29). The molecule has 4 aromatic rings. The van der Waals surface area contributed by atoms with Crippen molar-refractivity contribution in [1.82, 2.24) is 4.98 Å². The van der Waals surface area contributed by atoms with Crippen molar-refractivity contribution in [3.63, 3.8) is 0 Å². The first kappa shape index (κ1) is 21.0. The highest BCUT2D eigenvalue weighted by Crippen LogP contribution is 2.27. The quantitative estimate of drug-likeness (QED) is 0.339. The zero-order chi connectivity index (χ0) is 21.8. The van der Waals surface area contributed by atoms with E-state index in [1.807, 2.05) is 48.5 Å². The molecule has 0 fully saturated rings. The molecule has 0 saturated heterocycles. The van der Waals surface area contributed by atoms with Gasteiger partial charge in [0.15, 0.2) is 6.61 Å². The summed E-state index contributed by atoms with van der Waals surface area (Å²) in [7, 11) is 0. The third-order valence-electron chi connectivity index (χ3n) is 4.55. The second kappa shape index (κ2) is 9.29. The number of hydrogen-bond donors (Lipinski definition) is 1. The van der Waals surface area contributed by atoms with Crippen molar-refractivity contribution in [2.24, 2.45) is 0 Å². The molecule has 0 aliphatic heterocycles. The van der Waals surface area contributed by atoms with Crippen LogP contribution in [0, 0.1) is 0 Å². The molecule has 31 heavy (non-hydrogen) atoms.